The predicted molar refractivity (Wildman–Crippen MR) is 54.0 cm³/mol. The number of hydrogen-bond acceptors (Lipinski definition) is 4. The van der Waals surface area contributed by atoms with Gasteiger partial charge in [-0.3, -0.25) is 14.9 Å². The van der Waals surface area contributed by atoms with Crippen molar-refractivity contribution in [2.24, 2.45) is 0 Å². The fourth-order valence-corrected chi connectivity index (χ4v) is 1.77. The van der Waals surface area contributed by atoms with Gasteiger partial charge < -0.3 is 4.74 Å². The quantitative estimate of drug-likeness (QED) is 0.380. The number of esters is 1. The maximum atomic E-state index is 11.2. The molecule has 0 aromatic rings. The van der Waals surface area contributed by atoms with E-state index < -0.39 is 6.04 Å². The summed E-state index contributed by atoms with van der Waals surface area (Å²) in [5.74, 6) is -0.179. The Morgan fingerprint density at radius 2 is 2.07 bits per heavy atom. The molecule has 1 rings (SSSR count). The first-order valence-corrected chi connectivity index (χ1v) is 5.42. The van der Waals surface area contributed by atoms with Crippen LogP contribution in [0, 0.1) is 10.1 Å². The van der Waals surface area contributed by atoms with Crippen molar-refractivity contribution in [2.45, 2.75) is 57.6 Å². The average molecular weight is 215 g/mol. The van der Waals surface area contributed by atoms with E-state index in [1.807, 2.05) is 0 Å². The van der Waals surface area contributed by atoms with E-state index in [0.29, 0.717) is 32.1 Å². The molecule has 0 bridgehead atoms. The first kappa shape index (κ1) is 11.9. The summed E-state index contributed by atoms with van der Waals surface area (Å²) in [7, 11) is 0. The third kappa shape index (κ3) is 4.27. The SMILES string of the molecule is C[C@H]1CCC([N+](=O)[O-])CCCCC(=O)O1. The number of carbonyl (C=O) groups is 1. The van der Waals surface area contributed by atoms with Crippen LogP contribution >= 0.6 is 0 Å². The van der Waals surface area contributed by atoms with Gasteiger partial charge in [0.2, 0.25) is 6.04 Å². The Kier molecular flexibility index (Phi) is 4.52. The van der Waals surface area contributed by atoms with E-state index in [0.717, 1.165) is 6.42 Å². The maximum absolute atomic E-state index is 11.2. The smallest absolute Gasteiger partial charge is 0.306 e. The molecular formula is C10H17NO4. The largest absolute Gasteiger partial charge is 0.463 e. The average Bonchev–Trinajstić information content (AvgIpc) is 2.15. The van der Waals surface area contributed by atoms with Gasteiger partial charge in [0, 0.05) is 24.2 Å². The Bertz CT molecular complexity index is 242. The minimum atomic E-state index is -0.468. The highest BCUT2D eigenvalue weighted by molar-refractivity contribution is 5.69. The second-order valence-corrected chi connectivity index (χ2v) is 4.06. The molecular weight excluding hydrogens is 198 g/mol. The maximum Gasteiger partial charge on any atom is 0.306 e. The Hall–Kier alpha value is -1.13. The van der Waals surface area contributed by atoms with Gasteiger partial charge >= 0.3 is 5.97 Å². The molecule has 1 heterocycles. The van der Waals surface area contributed by atoms with Crippen molar-refractivity contribution in [1.29, 1.82) is 0 Å². The zero-order valence-corrected chi connectivity index (χ0v) is 8.98. The number of cyclic esters (lactones) is 1. The van der Waals surface area contributed by atoms with Gasteiger partial charge in [-0.05, 0) is 26.2 Å². The number of ether oxygens (including phenoxy) is 1. The van der Waals surface area contributed by atoms with Gasteiger partial charge in [0.05, 0.1) is 6.10 Å². The molecule has 1 aliphatic rings. The van der Waals surface area contributed by atoms with Crippen LogP contribution in [-0.4, -0.2) is 23.0 Å². The fourth-order valence-electron chi connectivity index (χ4n) is 1.77. The van der Waals surface area contributed by atoms with E-state index in [1.165, 1.54) is 0 Å². The number of rotatable bonds is 1. The van der Waals surface area contributed by atoms with Crippen LogP contribution in [0.2, 0.25) is 0 Å². The molecule has 0 amide bonds. The summed E-state index contributed by atoms with van der Waals surface area (Å²) in [5, 5.41) is 10.7. The Morgan fingerprint density at radius 1 is 1.33 bits per heavy atom. The van der Waals surface area contributed by atoms with Crippen LogP contribution in [0.15, 0.2) is 0 Å². The van der Waals surface area contributed by atoms with E-state index in [-0.39, 0.29) is 17.0 Å². The van der Waals surface area contributed by atoms with Crippen LogP contribution in [0.1, 0.15) is 45.4 Å². The highest BCUT2D eigenvalue weighted by atomic mass is 16.6. The van der Waals surface area contributed by atoms with Crippen LogP contribution < -0.4 is 0 Å². The lowest BCUT2D eigenvalue weighted by Gasteiger charge is -2.17. The molecule has 0 N–H and O–H groups in total. The summed E-state index contributed by atoms with van der Waals surface area (Å²) in [6.45, 7) is 1.79. The third-order valence-corrected chi connectivity index (χ3v) is 2.71. The van der Waals surface area contributed by atoms with Crippen molar-refractivity contribution in [3.63, 3.8) is 0 Å². The van der Waals surface area contributed by atoms with Crippen molar-refractivity contribution in [2.75, 3.05) is 0 Å². The molecule has 0 saturated carbocycles. The van der Waals surface area contributed by atoms with Crippen molar-refractivity contribution in [1.82, 2.24) is 0 Å². The van der Waals surface area contributed by atoms with Gasteiger partial charge in [-0.2, -0.15) is 0 Å². The van der Waals surface area contributed by atoms with Crippen molar-refractivity contribution in [3.8, 4) is 0 Å². The topological polar surface area (TPSA) is 69.4 Å². The Morgan fingerprint density at radius 3 is 2.73 bits per heavy atom. The number of nitro groups is 1. The number of hydrogen-bond donors (Lipinski definition) is 0. The summed E-state index contributed by atoms with van der Waals surface area (Å²) in [6.07, 6.45) is 3.27. The zero-order valence-electron chi connectivity index (χ0n) is 8.98. The lowest BCUT2D eigenvalue weighted by molar-refractivity contribution is -0.524. The molecule has 0 radical (unpaired) electrons. The molecule has 5 heteroatoms. The Labute approximate surface area is 88.9 Å². The fraction of sp³-hybridized carbons (Fsp3) is 0.900. The van der Waals surface area contributed by atoms with Crippen LogP contribution in [0.3, 0.4) is 0 Å². The van der Waals surface area contributed by atoms with Gasteiger partial charge in [-0.25, -0.2) is 0 Å². The minimum Gasteiger partial charge on any atom is -0.463 e. The van der Waals surface area contributed by atoms with Crippen LogP contribution in [0.5, 0.6) is 0 Å². The molecule has 0 spiro atoms. The zero-order chi connectivity index (χ0) is 11.3. The van der Waals surface area contributed by atoms with Gasteiger partial charge in [0.1, 0.15) is 0 Å². The highest BCUT2D eigenvalue weighted by Crippen LogP contribution is 2.16. The van der Waals surface area contributed by atoms with E-state index >= 15 is 0 Å². The van der Waals surface area contributed by atoms with Crippen LogP contribution in [0.4, 0.5) is 0 Å². The highest BCUT2D eigenvalue weighted by Gasteiger charge is 2.23. The van der Waals surface area contributed by atoms with Crippen molar-refractivity contribution >= 4 is 5.97 Å². The lowest BCUT2D eigenvalue weighted by atomic mass is 10.0. The molecule has 0 aromatic carbocycles. The van der Waals surface area contributed by atoms with Gasteiger partial charge in [-0.1, -0.05) is 0 Å². The summed E-state index contributed by atoms with van der Waals surface area (Å²) >= 11 is 0. The third-order valence-electron chi connectivity index (χ3n) is 2.71. The summed E-state index contributed by atoms with van der Waals surface area (Å²) in [4.78, 5) is 21.6. The summed E-state index contributed by atoms with van der Waals surface area (Å²) in [6, 6.07) is -0.468. The molecule has 1 saturated heterocycles. The molecule has 5 nitrogen and oxygen atoms in total. The number of nitrogens with zero attached hydrogens (tertiary/aromatic N) is 1. The van der Waals surface area contributed by atoms with Gasteiger partial charge in [-0.15, -0.1) is 0 Å². The van der Waals surface area contributed by atoms with Crippen molar-refractivity contribution in [3.05, 3.63) is 10.1 Å². The lowest BCUT2D eigenvalue weighted by Crippen LogP contribution is -2.24. The van der Waals surface area contributed by atoms with Crippen LogP contribution in [0.25, 0.3) is 0 Å². The second-order valence-electron chi connectivity index (χ2n) is 4.06. The molecule has 1 fully saturated rings. The number of carbonyl (C=O) groups excluding carboxylic acids is 1. The van der Waals surface area contributed by atoms with E-state index in [1.54, 1.807) is 6.92 Å². The van der Waals surface area contributed by atoms with Gasteiger partial charge in [0.25, 0.3) is 0 Å². The Balaban J connectivity index is 2.49. The molecule has 86 valence electrons. The summed E-state index contributed by atoms with van der Waals surface area (Å²) < 4.78 is 5.09. The molecule has 1 aliphatic heterocycles. The minimum absolute atomic E-state index is 0.179. The molecule has 0 aromatic heterocycles. The molecule has 2 atom stereocenters. The van der Waals surface area contributed by atoms with E-state index in [9.17, 15) is 14.9 Å². The normalized spacial score (nSPS) is 29.3. The van der Waals surface area contributed by atoms with Gasteiger partial charge in [0.15, 0.2) is 0 Å². The standard InChI is InChI=1S/C10H17NO4/c1-8-6-7-9(11(13)14)4-2-3-5-10(12)15-8/h8-9H,2-7H2,1H3/t8-,9?/m0/s1. The molecule has 15 heavy (non-hydrogen) atoms. The van der Waals surface area contributed by atoms with E-state index in [4.69, 9.17) is 4.74 Å². The summed E-state index contributed by atoms with van der Waals surface area (Å²) in [5.41, 5.74) is 0. The second kappa shape index (κ2) is 5.68. The molecule has 0 aliphatic carbocycles. The van der Waals surface area contributed by atoms with Crippen molar-refractivity contribution < 1.29 is 14.5 Å². The van der Waals surface area contributed by atoms with Crippen LogP contribution in [-0.2, 0) is 9.53 Å². The monoisotopic (exact) mass is 215 g/mol. The van der Waals surface area contributed by atoms with E-state index in [2.05, 4.69) is 0 Å². The predicted octanol–water partition coefficient (Wildman–Crippen LogP) is 1.92. The first-order chi connectivity index (χ1) is 7.09. The first-order valence-electron chi connectivity index (χ1n) is 5.42. The molecule has 1 unspecified atom stereocenters.